The van der Waals surface area contributed by atoms with Crippen molar-refractivity contribution in [2.45, 2.75) is 0 Å². The fraction of sp³-hybridized carbons (Fsp3) is 0.353. The average Bonchev–Trinajstić information content (AvgIpc) is 3.12. The zero-order chi connectivity index (χ0) is 19.1. The lowest BCUT2D eigenvalue weighted by Gasteiger charge is -2.26. The third kappa shape index (κ3) is 5.31. The molecule has 3 N–H and O–H groups in total. The fourth-order valence-electron chi connectivity index (χ4n) is 2.43. The van der Waals surface area contributed by atoms with Crippen LogP contribution in [0.4, 0.5) is 10.9 Å². The second-order valence-corrected chi connectivity index (χ2v) is 6.50. The normalized spacial score (nSPS) is 14.3. The number of hydrogen-bond acceptors (Lipinski definition) is 9. The van der Waals surface area contributed by atoms with E-state index >= 15 is 0 Å². The molecule has 144 valence electrons. The minimum absolute atomic E-state index is 0.0448. The number of nitrogens with two attached hydrogens (primary N) is 1. The molecule has 10 heteroatoms. The highest BCUT2D eigenvalue weighted by Crippen LogP contribution is 2.27. The first-order valence-electron chi connectivity index (χ1n) is 8.32. The molecule has 1 aromatic carbocycles. The van der Waals surface area contributed by atoms with E-state index < -0.39 is 0 Å². The molecule has 2 aromatic rings. The zero-order valence-electron chi connectivity index (χ0n) is 14.9. The summed E-state index contributed by atoms with van der Waals surface area (Å²) in [6, 6.07) is 5.34. The van der Waals surface area contributed by atoms with Crippen LogP contribution in [0.2, 0.25) is 0 Å². The van der Waals surface area contributed by atoms with Gasteiger partial charge in [0, 0.05) is 18.5 Å². The number of carbonyl (C=O) groups excluding carboxylic acids is 1. The molecule has 1 fully saturated rings. The van der Waals surface area contributed by atoms with Gasteiger partial charge >= 0.3 is 0 Å². The van der Waals surface area contributed by atoms with Crippen molar-refractivity contribution in [2.75, 3.05) is 51.2 Å². The first-order valence-corrected chi connectivity index (χ1v) is 9.20. The number of rotatable bonds is 7. The Morgan fingerprint density at radius 2 is 2.26 bits per heavy atom. The van der Waals surface area contributed by atoms with Crippen LogP contribution in [0.1, 0.15) is 5.56 Å². The number of aromatic nitrogens is 1. The van der Waals surface area contributed by atoms with Gasteiger partial charge in [-0.3, -0.25) is 10.2 Å². The summed E-state index contributed by atoms with van der Waals surface area (Å²) < 4.78 is 16.2. The first kappa shape index (κ1) is 18.9. The maximum atomic E-state index is 12.2. The van der Waals surface area contributed by atoms with Crippen molar-refractivity contribution < 1.29 is 19.0 Å². The van der Waals surface area contributed by atoms with Gasteiger partial charge in [0.25, 0.3) is 5.91 Å². The molecule has 3 rings (SSSR count). The van der Waals surface area contributed by atoms with Gasteiger partial charge in [-0.05, 0) is 23.8 Å². The summed E-state index contributed by atoms with van der Waals surface area (Å²) >= 11 is 1.37. The van der Waals surface area contributed by atoms with E-state index in [1.807, 2.05) is 6.07 Å². The van der Waals surface area contributed by atoms with Crippen LogP contribution in [-0.2, 0) is 9.53 Å². The van der Waals surface area contributed by atoms with Gasteiger partial charge in [-0.2, -0.15) is 5.10 Å². The van der Waals surface area contributed by atoms with E-state index in [-0.39, 0.29) is 12.5 Å². The molecule has 1 aromatic heterocycles. The SMILES string of the molecule is COc1cc(C=NNc2nc(N)cs2)ccc1OCC(=O)N1CCOCC1. The lowest BCUT2D eigenvalue weighted by molar-refractivity contribution is -0.137. The molecule has 0 spiro atoms. The molecule has 9 nitrogen and oxygen atoms in total. The molecule has 1 aliphatic heterocycles. The van der Waals surface area contributed by atoms with E-state index in [4.69, 9.17) is 19.9 Å². The number of anilines is 2. The molecule has 0 atom stereocenters. The minimum atomic E-state index is -0.0714. The number of thiazole rings is 1. The van der Waals surface area contributed by atoms with E-state index in [0.29, 0.717) is 48.8 Å². The Morgan fingerprint density at radius 1 is 1.44 bits per heavy atom. The molecule has 0 unspecified atom stereocenters. The van der Waals surface area contributed by atoms with Crippen LogP contribution in [0.5, 0.6) is 11.5 Å². The summed E-state index contributed by atoms with van der Waals surface area (Å²) in [5.74, 6) is 1.40. The molecular weight excluding hydrogens is 370 g/mol. The third-order valence-electron chi connectivity index (χ3n) is 3.80. The minimum Gasteiger partial charge on any atom is -0.493 e. The highest BCUT2D eigenvalue weighted by molar-refractivity contribution is 7.14. The van der Waals surface area contributed by atoms with Crippen LogP contribution in [0, 0.1) is 0 Å². The van der Waals surface area contributed by atoms with E-state index in [2.05, 4.69) is 15.5 Å². The van der Waals surface area contributed by atoms with E-state index in [1.165, 1.54) is 11.3 Å². The number of benzene rings is 1. The molecular formula is C17H21N5O4S. The Kier molecular flexibility index (Phi) is 6.44. The Labute approximate surface area is 160 Å². The highest BCUT2D eigenvalue weighted by Gasteiger charge is 2.18. The number of carbonyl (C=O) groups is 1. The third-order valence-corrected chi connectivity index (χ3v) is 4.56. The van der Waals surface area contributed by atoms with Crippen molar-refractivity contribution in [2.24, 2.45) is 5.10 Å². The quantitative estimate of drug-likeness (QED) is 0.542. The van der Waals surface area contributed by atoms with Crippen LogP contribution in [0.3, 0.4) is 0 Å². The van der Waals surface area contributed by atoms with E-state index in [9.17, 15) is 4.79 Å². The summed E-state index contributed by atoms with van der Waals surface area (Å²) in [6.45, 7) is 2.26. The number of ether oxygens (including phenoxy) is 3. The van der Waals surface area contributed by atoms with Gasteiger partial charge in [-0.15, -0.1) is 11.3 Å². The Bertz CT molecular complexity index is 804. The molecule has 0 bridgehead atoms. The first-order chi connectivity index (χ1) is 13.2. The number of amides is 1. The molecule has 1 aliphatic rings. The van der Waals surface area contributed by atoms with Crippen molar-refractivity contribution in [1.82, 2.24) is 9.88 Å². The molecule has 0 radical (unpaired) electrons. The van der Waals surface area contributed by atoms with Gasteiger partial charge in [0.05, 0.1) is 26.5 Å². The van der Waals surface area contributed by atoms with E-state index in [1.54, 1.807) is 35.7 Å². The maximum absolute atomic E-state index is 12.2. The summed E-state index contributed by atoms with van der Waals surface area (Å²) in [6.07, 6.45) is 1.63. The van der Waals surface area contributed by atoms with Crippen LogP contribution in [0.15, 0.2) is 28.7 Å². The Balaban J connectivity index is 1.57. The summed E-state index contributed by atoms with van der Waals surface area (Å²) in [5, 5.41) is 6.45. The van der Waals surface area contributed by atoms with Crippen molar-refractivity contribution in [1.29, 1.82) is 0 Å². The molecule has 1 saturated heterocycles. The number of nitrogens with one attached hydrogen (secondary N) is 1. The van der Waals surface area contributed by atoms with Crippen molar-refractivity contribution >= 4 is 34.4 Å². The van der Waals surface area contributed by atoms with Gasteiger partial charge in [0.15, 0.2) is 18.1 Å². The van der Waals surface area contributed by atoms with Crippen molar-refractivity contribution in [3.63, 3.8) is 0 Å². The standard InChI is InChI=1S/C17H21N5O4S/c1-24-14-8-12(9-19-21-17-20-15(18)11-27-17)2-3-13(14)26-10-16(23)22-4-6-25-7-5-22/h2-3,8-9,11H,4-7,10,18H2,1H3,(H,20,21). The van der Waals surface area contributed by atoms with Gasteiger partial charge in [0.1, 0.15) is 5.82 Å². The number of nitrogens with zero attached hydrogens (tertiary/aromatic N) is 3. The second kappa shape index (κ2) is 9.19. The van der Waals surface area contributed by atoms with Crippen LogP contribution in [0.25, 0.3) is 0 Å². The molecule has 2 heterocycles. The Hall–Kier alpha value is -2.85. The summed E-state index contributed by atoms with van der Waals surface area (Å²) in [4.78, 5) is 18.0. The number of hydrazone groups is 1. The maximum Gasteiger partial charge on any atom is 0.260 e. The Morgan fingerprint density at radius 3 is 2.96 bits per heavy atom. The average molecular weight is 391 g/mol. The zero-order valence-corrected chi connectivity index (χ0v) is 15.7. The summed E-state index contributed by atoms with van der Waals surface area (Å²) in [7, 11) is 1.55. The number of methoxy groups -OCH3 is 1. The highest BCUT2D eigenvalue weighted by atomic mass is 32.1. The molecule has 0 saturated carbocycles. The lowest BCUT2D eigenvalue weighted by Crippen LogP contribution is -2.43. The van der Waals surface area contributed by atoms with Gasteiger partial charge in [-0.1, -0.05) is 0 Å². The van der Waals surface area contributed by atoms with E-state index in [0.717, 1.165) is 5.56 Å². The van der Waals surface area contributed by atoms with Crippen LogP contribution in [-0.4, -0.2) is 62.0 Å². The van der Waals surface area contributed by atoms with Gasteiger partial charge < -0.3 is 24.8 Å². The number of hydrogen-bond donors (Lipinski definition) is 2. The molecule has 0 aliphatic carbocycles. The topological polar surface area (TPSA) is 111 Å². The van der Waals surface area contributed by atoms with Crippen molar-refractivity contribution in [3.8, 4) is 11.5 Å². The molecule has 1 amide bonds. The smallest absolute Gasteiger partial charge is 0.260 e. The number of morpholine rings is 1. The van der Waals surface area contributed by atoms with Crippen LogP contribution >= 0.6 is 11.3 Å². The van der Waals surface area contributed by atoms with Gasteiger partial charge in [-0.25, -0.2) is 4.98 Å². The number of nitrogen functional groups attached to an aromatic ring is 1. The molecule has 27 heavy (non-hydrogen) atoms. The van der Waals surface area contributed by atoms with Crippen LogP contribution < -0.4 is 20.6 Å². The fourth-order valence-corrected chi connectivity index (χ4v) is 2.98. The predicted octanol–water partition coefficient (Wildman–Crippen LogP) is 1.42. The second-order valence-electron chi connectivity index (χ2n) is 5.64. The monoisotopic (exact) mass is 391 g/mol. The van der Waals surface area contributed by atoms with Gasteiger partial charge in [0.2, 0.25) is 5.13 Å². The van der Waals surface area contributed by atoms with Crippen molar-refractivity contribution in [3.05, 3.63) is 29.1 Å². The predicted molar refractivity (Wildman–Crippen MR) is 104 cm³/mol. The largest absolute Gasteiger partial charge is 0.493 e. The lowest BCUT2D eigenvalue weighted by atomic mass is 10.2. The summed E-state index contributed by atoms with van der Waals surface area (Å²) in [5.41, 5.74) is 9.17.